The minimum Gasteiger partial charge on any atom is -0.357 e. The summed E-state index contributed by atoms with van der Waals surface area (Å²) in [5, 5.41) is 10.7. The first kappa shape index (κ1) is 16.8. The van der Waals surface area contributed by atoms with Crippen molar-refractivity contribution in [3.8, 4) is 11.4 Å². The third-order valence-electron chi connectivity index (χ3n) is 3.28. The molecule has 5 nitrogen and oxygen atoms in total. The summed E-state index contributed by atoms with van der Waals surface area (Å²) in [6.07, 6.45) is 0. The van der Waals surface area contributed by atoms with Crippen LogP contribution in [0.3, 0.4) is 0 Å². The van der Waals surface area contributed by atoms with Crippen molar-refractivity contribution < 1.29 is 0 Å². The van der Waals surface area contributed by atoms with Gasteiger partial charge in [-0.1, -0.05) is 58.4 Å². The highest BCUT2D eigenvalue weighted by Gasteiger charge is 2.10. The predicted molar refractivity (Wildman–Crippen MR) is 106 cm³/mol. The molecule has 0 radical (unpaired) electrons. The van der Waals surface area contributed by atoms with E-state index >= 15 is 0 Å². The van der Waals surface area contributed by atoms with E-state index in [2.05, 4.69) is 36.9 Å². The SMILES string of the molecule is S=C(NCc1ccccc1)Nn1c(-c2ccc(Br)cc2)n[nH]c1=S. The Morgan fingerprint density at radius 2 is 1.83 bits per heavy atom. The molecule has 0 bridgehead atoms. The molecule has 0 spiro atoms. The monoisotopic (exact) mass is 419 g/mol. The highest BCUT2D eigenvalue weighted by atomic mass is 79.9. The van der Waals surface area contributed by atoms with E-state index in [1.54, 1.807) is 4.68 Å². The van der Waals surface area contributed by atoms with Gasteiger partial charge in [0.25, 0.3) is 0 Å². The summed E-state index contributed by atoms with van der Waals surface area (Å²) in [5.41, 5.74) is 5.13. The summed E-state index contributed by atoms with van der Waals surface area (Å²) in [4.78, 5) is 0. The number of hydrogen-bond acceptors (Lipinski definition) is 3. The lowest BCUT2D eigenvalue weighted by Gasteiger charge is -2.13. The molecule has 8 heteroatoms. The predicted octanol–water partition coefficient (Wildman–Crippen LogP) is 3.99. The molecule has 3 N–H and O–H groups in total. The van der Waals surface area contributed by atoms with Gasteiger partial charge in [0.1, 0.15) is 0 Å². The Kier molecular flexibility index (Phi) is 5.39. The molecule has 0 amide bonds. The Hall–Kier alpha value is -2.03. The van der Waals surface area contributed by atoms with Crippen LogP contribution in [-0.2, 0) is 6.54 Å². The van der Waals surface area contributed by atoms with Gasteiger partial charge >= 0.3 is 0 Å². The van der Waals surface area contributed by atoms with Crippen LogP contribution in [-0.4, -0.2) is 20.0 Å². The van der Waals surface area contributed by atoms with Crippen molar-refractivity contribution in [2.24, 2.45) is 0 Å². The maximum atomic E-state index is 5.35. The second-order valence-corrected chi connectivity index (χ2v) is 6.69. The Balaban J connectivity index is 1.73. The second kappa shape index (κ2) is 7.69. The van der Waals surface area contributed by atoms with Crippen molar-refractivity contribution in [1.82, 2.24) is 20.2 Å². The summed E-state index contributed by atoms with van der Waals surface area (Å²) in [6, 6.07) is 17.8. The zero-order valence-electron chi connectivity index (χ0n) is 12.5. The van der Waals surface area contributed by atoms with Crippen LogP contribution in [0.4, 0.5) is 0 Å². The quantitative estimate of drug-likeness (QED) is 0.558. The number of H-pyrrole nitrogens is 1. The number of aromatic nitrogens is 3. The molecule has 0 aliphatic rings. The summed E-state index contributed by atoms with van der Waals surface area (Å²) in [7, 11) is 0. The van der Waals surface area contributed by atoms with Gasteiger partial charge in [-0.05, 0) is 42.1 Å². The number of halogens is 1. The third-order valence-corrected chi connectivity index (χ3v) is 4.32. The number of nitrogens with zero attached hydrogens (tertiary/aromatic N) is 2. The molecule has 0 aliphatic carbocycles. The lowest BCUT2D eigenvalue weighted by atomic mass is 10.2. The van der Waals surface area contributed by atoms with Crippen LogP contribution in [0.1, 0.15) is 5.56 Å². The van der Waals surface area contributed by atoms with Crippen molar-refractivity contribution in [3.63, 3.8) is 0 Å². The molecule has 3 rings (SSSR count). The summed E-state index contributed by atoms with van der Waals surface area (Å²) in [6.45, 7) is 0.630. The van der Waals surface area contributed by atoms with Gasteiger partial charge in [-0.3, -0.25) is 5.43 Å². The van der Waals surface area contributed by atoms with Crippen LogP contribution in [0.15, 0.2) is 59.1 Å². The van der Waals surface area contributed by atoms with Gasteiger partial charge in [0.05, 0.1) is 0 Å². The van der Waals surface area contributed by atoms with E-state index in [0.29, 0.717) is 22.3 Å². The normalized spacial score (nSPS) is 10.4. The minimum absolute atomic E-state index is 0.441. The van der Waals surface area contributed by atoms with E-state index in [9.17, 15) is 0 Å². The molecular weight excluding hydrogens is 406 g/mol. The van der Waals surface area contributed by atoms with Gasteiger partial charge < -0.3 is 5.32 Å². The van der Waals surface area contributed by atoms with E-state index in [4.69, 9.17) is 24.4 Å². The first-order chi connectivity index (χ1) is 11.6. The maximum absolute atomic E-state index is 5.35. The summed E-state index contributed by atoms with van der Waals surface area (Å²) >= 11 is 14.1. The third kappa shape index (κ3) is 4.08. The van der Waals surface area contributed by atoms with Crippen molar-refractivity contribution in [2.45, 2.75) is 6.54 Å². The molecule has 0 saturated carbocycles. The fourth-order valence-corrected chi connectivity index (χ4v) is 2.72. The lowest BCUT2D eigenvalue weighted by Crippen LogP contribution is -2.34. The molecule has 0 unspecified atom stereocenters. The van der Waals surface area contributed by atoms with Gasteiger partial charge in [-0.15, -0.1) is 0 Å². The smallest absolute Gasteiger partial charge is 0.215 e. The lowest BCUT2D eigenvalue weighted by molar-refractivity contribution is 0.881. The Morgan fingerprint density at radius 3 is 2.54 bits per heavy atom. The molecule has 0 saturated heterocycles. The Labute approximate surface area is 158 Å². The maximum Gasteiger partial charge on any atom is 0.215 e. The van der Waals surface area contributed by atoms with Crippen molar-refractivity contribution >= 4 is 45.5 Å². The average Bonchev–Trinajstić information content (AvgIpc) is 2.95. The number of benzene rings is 2. The fraction of sp³-hybridized carbons (Fsp3) is 0.0625. The largest absolute Gasteiger partial charge is 0.357 e. The highest BCUT2D eigenvalue weighted by molar-refractivity contribution is 9.10. The first-order valence-electron chi connectivity index (χ1n) is 7.15. The molecule has 122 valence electrons. The molecule has 0 fully saturated rings. The van der Waals surface area contributed by atoms with Crippen LogP contribution < -0.4 is 10.7 Å². The van der Waals surface area contributed by atoms with E-state index < -0.39 is 0 Å². The van der Waals surface area contributed by atoms with Crippen LogP contribution in [0.2, 0.25) is 0 Å². The number of hydrogen-bond donors (Lipinski definition) is 3. The number of aromatic amines is 1. The average molecular weight is 420 g/mol. The zero-order valence-corrected chi connectivity index (χ0v) is 15.7. The molecule has 0 aliphatic heterocycles. The molecule has 24 heavy (non-hydrogen) atoms. The van der Waals surface area contributed by atoms with Crippen LogP contribution in [0.25, 0.3) is 11.4 Å². The van der Waals surface area contributed by atoms with Crippen molar-refractivity contribution in [1.29, 1.82) is 0 Å². The zero-order chi connectivity index (χ0) is 16.9. The van der Waals surface area contributed by atoms with Crippen molar-refractivity contribution in [3.05, 3.63) is 69.4 Å². The topological polar surface area (TPSA) is 57.7 Å². The first-order valence-corrected chi connectivity index (χ1v) is 8.76. The van der Waals surface area contributed by atoms with E-state index in [1.807, 2.05) is 54.6 Å². The fourth-order valence-electron chi connectivity index (χ4n) is 2.11. The van der Waals surface area contributed by atoms with E-state index in [1.165, 1.54) is 0 Å². The second-order valence-electron chi connectivity index (χ2n) is 4.97. The molecule has 1 heterocycles. The van der Waals surface area contributed by atoms with Gasteiger partial charge in [0, 0.05) is 16.6 Å². The van der Waals surface area contributed by atoms with Crippen LogP contribution in [0, 0.1) is 4.77 Å². The summed E-state index contributed by atoms with van der Waals surface area (Å²) in [5.74, 6) is 0.663. The molecule has 3 aromatic rings. The number of thiocarbonyl (C=S) groups is 1. The van der Waals surface area contributed by atoms with Gasteiger partial charge in [-0.25, -0.2) is 9.77 Å². The number of nitrogens with one attached hydrogen (secondary N) is 3. The Morgan fingerprint density at radius 1 is 1.12 bits per heavy atom. The molecular formula is C16H14BrN5S2. The van der Waals surface area contributed by atoms with Crippen LogP contribution in [0.5, 0.6) is 0 Å². The minimum atomic E-state index is 0.441. The van der Waals surface area contributed by atoms with Crippen molar-refractivity contribution in [2.75, 3.05) is 5.43 Å². The van der Waals surface area contributed by atoms with Gasteiger partial charge in [0.2, 0.25) is 4.77 Å². The molecule has 0 atom stereocenters. The Bertz CT molecular complexity index is 887. The molecule has 1 aromatic heterocycles. The van der Waals surface area contributed by atoms with E-state index in [0.717, 1.165) is 15.6 Å². The summed E-state index contributed by atoms with van der Waals surface area (Å²) < 4.78 is 3.09. The standard InChI is InChI=1S/C16H14BrN5S2/c17-13-8-6-12(7-9-13)14-19-20-16(24)22(14)21-15(23)18-10-11-4-2-1-3-5-11/h1-9H,10H2,(H,20,24)(H2,18,21,23). The van der Waals surface area contributed by atoms with Gasteiger partial charge in [-0.2, -0.15) is 5.10 Å². The molecule has 2 aromatic carbocycles. The highest BCUT2D eigenvalue weighted by Crippen LogP contribution is 2.19. The number of rotatable bonds is 4. The van der Waals surface area contributed by atoms with Gasteiger partial charge in [0.15, 0.2) is 10.9 Å². The van der Waals surface area contributed by atoms with E-state index in [-0.39, 0.29) is 0 Å². The van der Waals surface area contributed by atoms with Crippen LogP contribution >= 0.6 is 40.4 Å².